The summed E-state index contributed by atoms with van der Waals surface area (Å²) in [5.41, 5.74) is 0.740. The molecule has 84 valence electrons. The molecule has 5 heteroatoms. The molecule has 0 spiro atoms. The van der Waals surface area contributed by atoms with Crippen LogP contribution in [0.1, 0.15) is 16.8 Å². The summed E-state index contributed by atoms with van der Waals surface area (Å²) in [5, 5.41) is 10.7. The van der Waals surface area contributed by atoms with Gasteiger partial charge < -0.3 is 5.32 Å². The highest BCUT2D eigenvalue weighted by molar-refractivity contribution is 7.08. The zero-order chi connectivity index (χ0) is 11.2. The number of aryl methyl sites for hydroxylation is 1. The van der Waals surface area contributed by atoms with E-state index in [0.29, 0.717) is 6.54 Å². The van der Waals surface area contributed by atoms with Crippen molar-refractivity contribution in [2.45, 2.75) is 13.0 Å². The maximum atomic E-state index is 11.5. The molecule has 0 aliphatic heterocycles. The van der Waals surface area contributed by atoms with Gasteiger partial charge in [-0.05, 0) is 23.9 Å². The van der Waals surface area contributed by atoms with Crippen molar-refractivity contribution >= 4 is 17.2 Å². The second-order valence-corrected chi connectivity index (χ2v) is 4.17. The molecule has 0 saturated heterocycles. The quantitative estimate of drug-likeness (QED) is 0.803. The number of hydrogen-bond donors (Lipinski definition) is 1. The lowest BCUT2D eigenvalue weighted by molar-refractivity contribution is 0.0953. The van der Waals surface area contributed by atoms with Crippen LogP contribution in [0, 0.1) is 0 Å². The van der Waals surface area contributed by atoms with Crippen molar-refractivity contribution < 1.29 is 4.79 Å². The number of nitrogens with one attached hydrogen (secondary N) is 1. The molecule has 0 atom stereocenters. The van der Waals surface area contributed by atoms with Crippen molar-refractivity contribution in [1.29, 1.82) is 0 Å². The Bertz CT molecular complexity index is 422. The second-order valence-electron chi connectivity index (χ2n) is 3.39. The highest BCUT2D eigenvalue weighted by atomic mass is 32.1. The summed E-state index contributed by atoms with van der Waals surface area (Å²) in [5.74, 6) is 0.00159. The van der Waals surface area contributed by atoms with Gasteiger partial charge in [-0.2, -0.15) is 16.4 Å². The maximum absolute atomic E-state index is 11.5. The molecule has 0 bridgehead atoms. The molecular weight excluding hydrogens is 222 g/mol. The number of nitrogens with zero attached hydrogens (tertiary/aromatic N) is 2. The van der Waals surface area contributed by atoms with Crippen LogP contribution in [0.4, 0.5) is 0 Å². The van der Waals surface area contributed by atoms with E-state index in [1.807, 2.05) is 33.8 Å². The molecule has 2 aromatic heterocycles. The van der Waals surface area contributed by atoms with Crippen LogP contribution in [0.25, 0.3) is 0 Å². The minimum absolute atomic E-state index is 0.00159. The van der Waals surface area contributed by atoms with Crippen LogP contribution >= 0.6 is 11.3 Å². The Morgan fingerprint density at radius 1 is 1.56 bits per heavy atom. The molecule has 0 aliphatic rings. The predicted molar refractivity (Wildman–Crippen MR) is 63.5 cm³/mol. The lowest BCUT2D eigenvalue weighted by Gasteiger charge is -2.03. The Labute approximate surface area is 97.9 Å². The smallest absolute Gasteiger partial charge is 0.252 e. The van der Waals surface area contributed by atoms with Crippen LogP contribution in [-0.2, 0) is 6.54 Å². The summed E-state index contributed by atoms with van der Waals surface area (Å²) in [6.45, 7) is 1.51. The minimum Gasteiger partial charge on any atom is -0.352 e. The number of carbonyl (C=O) groups is 1. The molecule has 0 radical (unpaired) electrons. The van der Waals surface area contributed by atoms with Crippen molar-refractivity contribution in [3.63, 3.8) is 0 Å². The Kier molecular flexibility index (Phi) is 3.71. The Hall–Kier alpha value is -1.62. The minimum atomic E-state index is 0.00159. The van der Waals surface area contributed by atoms with Crippen molar-refractivity contribution in [1.82, 2.24) is 15.1 Å². The van der Waals surface area contributed by atoms with Crippen LogP contribution < -0.4 is 5.32 Å². The first-order valence-electron chi connectivity index (χ1n) is 5.14. The van der Waals surface area contributed by atoms with Crippen molar-refractivity contribution in [3.8, 4) is 0 Å². The van der Waals surface area contributed by atoms with E-state index in [0.717, 1.165) is 18.5 Å². The first kappa shape index (κ1) is 10.9. The van der Waals surface area contributed by atoms with Gasteiger partial charge in [-0.1, -0.05) is 0 Å². The third-order valence-corrected chi connectivity index (χ3v) is 2.88. The molecule has 0 saturated carbocycles. The summed E-state index contributed by atoms with van der Waals surface area (Å²) >= 11 is 1.53. The molecule has 0 aromatic carbocycles. The Morgan fingerprint density at radius 2 is 2.50 bits per heavy atom. The number of carbonyl (C=O) groups excluding carboxylic acids is 1. The SMILES string of the molecule is O=C(NCCCn1cccn1)c1ccsc1. The van der Waals surface area contributed by atoms with Crippen LogP contribution in [0.2, 0.25) is 0 Å². The molecule has 2 rings (SSSR count). The van der Waals surface area contributed by atoms with E-state index in [1.165, 1.54) is 11.3 Å². The fourth-order valence-electron chi connectivity index (χ4n) is 1.37. The van der Waals surface area contributed by atoms with Gasteiger partial charge in [-0.3, -0.25) is 9.48 Å². The highest BCUT2D eigenvalue weighted by Gasteiger charge is 2.03. The third-order valence-electron chi connectivity index (χ3n) is 2.19. The summed E-state index contributed by atoms with van der Waals surface area (Å²) in [4.78, 5) is 11.5. The Morgan fingerprint density at radius 3 is 3.19 bits per heavy atom. The van der Waals surface area contributed by atoms with Gasteiger partial charge in [0, 0.05) is 36.4 Å². The molecule has 0 fully saturated rings. The lowest BCUT2D eigenvalue weighted by Crippen LogP contribution is -2.24. The van der Waals surface area contributed by atoms with Gasteiger partial charge in [0.15, 0.2) is 0 Å². The van der Waals surface area contributed by atoms with E-state index in [4.69, 9.17) is 0 Å². The van der Waals surface area contributed by atoms with Gasteiger partial charge in [0.1, 0.15) is 0 Å². The van der Waals surface area contributed by atoms with E-state index in [-0.39, 0.29) is 5.91 Å². The van der Waals surface area contributed by atoms with E-state index in [1.54, 1.807) is 6.20 Å². The molecule has 0 unspecified atom stereocenters. The number of amides is 1. The molecular formula is C11H13N3OS. The maximum Gasteiger partial charge on any atom is 0.252 e. The van der Waals surface area contributed by atoms with Crippen molar-refractivity contribution in [2.75, 3.05) is 6.54 Å². The third kappa shape index (κ3) is 2.93. The van der Waals surface area contributed by atoms with Gasteiger partial charge >= 0.3 is 0 Å². The summed E-state index contributed by atoms with van der Waals surface area (Å²) in [6.07, 6.45) is 4.56. The largest absolute Gasteiger partial charge is 0.352 e. The average Bonchev–Trinajstić information content (AvgIpc) is 2.96. The molecule has 4 nitrogen and oxygen atoms in total. The normalized spacial score (nSPS) is 10.2. The number of aromatic nitrogens is 2. The van der Waals surface area contributed by atoms with Gasteiger partial charge in [-0.25, -0.2) is 0 Å². The van der Waals surface area contributed by atoms with Gasteiger partial charge in [0.2, 0.25) is 0 Å². The molecule has 2 aromatic rings. The zero-order valence-corrected chi connectivity index (χ0v) is 9.61. The molecule has 2 heterocycles. The van der Waals surface area contributed by atoms with Gasteiger partial charge in [-0.15, -0.1) is 0 Å². The monoisotopic (exact) mass is 235 g/mol. The molecule has 16 heavy (non-hydrogen) atoms. The number of rotatable bonds is 5. The summed E-state index contributed by atoms with van der Waals surface area (Å²) in [7, 11) is 0. The molecule has 1 amide bonds. The summed E-state index contributed by atoms with van der Waals surface area (Å²) in [6, 6.07) is 3.72. The first-order valence-corrected chi connectivity index (χ1v) is 6.08. The number of thiophene rings is 1. The van der Waals surface area contributed by atoms with E-state index in [9.17, 15) is 4.79 Å². The molecule has 0 aliphatic carbocycles. The lowest BCUT2D eigenvalue weighted by atomic mass is 10.3. The Balaban J connectivity index is 1.67. The van der Waals surface area contributed by atoms with E-state index in [2.05, 4.69) is 10.4 Å². The fourth-order valence-corrected chi connectivity index (χ4v) is 2.01. The first-order chi connectivity index (χ1) is 7.86. The highest BCUT2D eigenvalue weighted by Crippen LogP contribution is 2.05. The number of hydrogen-bond acceptors (Lipinski definition) is 3. The van der Waals surface area contributed by atoms with Crippen LogP contribution in [0.3, 0.4) is 0 Å². The zero-order valence-electron chi connectivity index (χ0n) is 8.80. The summed E-state index contributed by atoms with van der Waals surface area (Å²) < 4.78 is 1.86. The van der Waals surface area contributed by atoms with E-state index >= 15 is 0 Å². The average molecular weight is 235 g/mol. The van der Waals surface area contributed by atoms with Gasteiger partial charge in [0.25, 0.3) is 5.91 Å². The van der Waals surface area contributed by atoms with Gasteiger partial charge in [0.05, 0.1) is 0 Å². The molecule has 1 N–H and O–H groups in total. The van der Waals surface area contributed by atoms with Crippen LogP contribution in [0.15, 0.2) is 35.3 Å². The predicted octanol–water partition coefficient (Wildman–Crippen LogP) is 1.76. The van der Waals surface area contributed by atoms with Crippen LogP contribution in [0.5, 0.6) is 0 Å². The van der Waals surface area contributed by atoms with E-state index < -0.39 is 0 Å². The van der Waals surface area contributed by atoms with Crippen molar-refractivity contribution in [3.05, 3.63) is 40.8 Å². The van der Waals surface area contributed by atoms with Crippen molar-refractivity contribution in [2.24, 2.45) is 0 Å². The standard InChI is InChI=1S/C11H13N3OS/c15-11(10-3-8-16-9-10)12-4-1-6-14-7-2-5-13-14/h2-3,5,7-9H,1,4,6H2,(H,12,15). The fraction of sp³-hybridized carbons (Fsp3) is 0.273. The second kappa shape index (κ2) is 5.46. The topological polar surface area (TPSA) is 46.9 Å². The van der Waals surface area contributed by atoms with Crippen LogP contribution in [-0.4, -0.2) is 22.2 Å².